The molecule has 0 aliphatic heterocycles. The van der Waals surface area contributed by atoms with Crippen molar-refractivity contribution in [3.8, 4) is 5.75 Å². The van der Waals surface area contributed by atoms with Crippen LogP contribution < -0.4 is 10.5 Å². The predicted octanol–water partition coefficient (Wildman–Crippen LogP) is 0.626. The van der Waals surface area contributed by atoms with Gasteiger partial charge in [-0.25, -0.2) is 4.90 Å². The van der Waals surface area contributed by atoms with Crippen molar-refractivity contribution in [2.75, 3.05) is 18.9 Å². The predicted molar refractivity (Wildman–Crippen MR) is 66.4 cm³/mol. The van der Waals surface area contributed by atoms with Gasteiger partial charge in [-0.15, -0.1) is 0 Å². The summed E-state index contributed by atoms with van der Waals surface area (Å²) in [5.41, 5.74) is 6.24. The average molecular weight is 240 g/mol. The van der Waals surface area contributed by atoms with Crippen molar-refractivity contribution in [2.45, 2.75) is 26.3 Å². The van der Waals surface area contributed by atoms with E-state index in [1.807, 2.05) is 0 Å². The maximum absolute atomic E-state index is 9.41. The van der Waals surface area contributed by atoms with Crippen molar-refractivity contribution < 1.29 is 14.9 Å². The smallest absolute Gasteiger partial charge is 0.119 e. The minimum absolute atomic E-state index is 0.389. The van der Waals surface area contributed by atoms with Gasteiger partial charge in [-0.1, -0.05) is 0 Å². The highest BCUT2D eigenvalue weighted by Crippen LogP contribution is 2.13. The van der Waals surface area contributed by atoms with Gasteiger partial charge in [0.2, 0.25) is 0 Å². The third-order valence-corrected chi connectivity index (χ3v) is 2.46. The van der Waals surface area contributed by atoms with Crippen molar-refractivity contribution in [3.63, 3.8) is 0 Å². The van der Waals surface area contributed by atoms with Gasteiger partial charge in [0, 0.05) is 12.2 Å². The van der Waals surface area contributed by atoms with E-state index in [0.29, 0.717) is 18.8 Å². The third kappa shape index (κ3) is 4.60. The fourth-order valence-electron chi connectivity index (χ4n) is 1.52. The average Bonchev–Trinajstić information content (AvgIpc) is 2.25. The van der Waals surface area contributed by atoms with E-state index in [1.54, 1.807) is 38.1 Å². The molecule has 1 rings (SSSR count). The second kappa shape index (κ2) is 6.44. The van der Waals surface area contributed by atoms with Crippen LogP contribution in [0.25, 0.3) is 0 Å². The Kier molecular flexibility index (Phi) is 5.21. The molecule has 0 aliphatic rings. The van der Waals surface area contributed by atoms with Crippen LogP contribution in [-0.4, -0.2) is 40.7 Å². The van der Waals surface area contributed by atoms with Crippen LogP contribution in [0.3, 0.4) is 0 Å². The van der Waals surface area contributed by atoms with Gasteiger partial charge in [0.15, 0.2) is 0 Å². The SMILES string of the molecule is CC(O)N(CCOc1ccc(N)cc1)C(C)O. The van der Waals surface area contributed by atoms with Gasteiger partial charge in [0.25, 0.3) is 0 Å². The van der Waals surface area contributed by atoms with Crippen LogP contribution in [0.1, 0.15) is 13.8 Å². The lowest BCUT2D eigenvalue weighted by molar-refractivity contribution is -0.0881. The molecule has 0 aliphatic carbocycles. The number of nitrogens with two attached hydrogens (primary N) is 1. The Morgan fingerprint density at radius 2 is 1.71 bits per heavy atom. The number of benzene rings is 1. The molecule has 17 heavy (non-hydrogen) atoms. The molecule has 0 aromatic heterocycles. The van der Waals surface area contributed by atoms with Gasteiger partial charge in [-0.3, -0.25) is 0 Å². The molecule has 0 bridgehead atoms. The van der Waals surface area contributed by atoms with E-state index in [-0.39, 0.29) is 0 Å². The molecule has 0 spiro atoms. The highest BCUT2D eigenvalue weighted by molar-refractivity contribution is 5.41. The number of aliphatic hydroxyl groups is 2. The van der Waals surface area contributed by atoms with Gasteiger partial charge in [-0.2, -0.15) is 0 Å². The molecule has 0 fully saturated rings. The molecule has 0 saturated carbocycles. The zero-order valence-electron chi connectivity index (χ0n) is 10.2. The standard InChI is InChI=1S/C12H20N2O3/c1-9(15)14(10(2)16)7-8-17-12-5-3-11(13)4-6-12/h3-6,9-10,15-16H,7-8,13H2,1-2H3. The van der Waals surface area contributed by atoms with Gasteiger partial charge in [0.05, 0.1) is 0 Å². The Labute approximate surface area is 101 Å². The minimum Gasteiger partial charge on any atom is -0.492 e. The first-order valence-electron chi connectivity index (χ1n) is 5.61. The quantitative estimate of drug-likeness (QED) is 0.502. The van der Waals surface area contributed by atoms with E-state index < -0.39 is 12.5 Å². The summed E-state index contributed by atoms with van der Waals surface area (Å²) in [4.78, 5) is 1.53. The Balaban J connectivity index is 2.38. The summed E-state index contributed by atoms with van der Waals surface area (Å²) < 4.78 is 5.47. The maximum atomic E-state index is 9.41. The Hall–Kier alpha value is -1.30. The van der Waals surface area contributed by atoms with E-state index in [9.17, 15) is 10.2 Å². The highest BCUT2D eigenvalue weighted by atomic mass is 16.5. The molecular formula is C12H20N2O3. The zero-order valence-corrected chi connectivity index (χ0v) is 10.2. The van der Waals surface area contributed by atoms with E-state index in [2.05, 4.69) is 0 Å². The molecule has 0 amide bonds. The van der Waals surface area contributed by atoms with Crippen LogP contribution in [0.15, 0.2) is 24.3 Å². The number of anilines is 1. The van der Waals surface area contributed by atoms with Crippen molar-refractivity contribution in [1.82, 2.24) is 4.90 Å². The van der Waals surface area contributed by atoms with Crippen molar-refractivity contribution in [3.05, 3.63) is 24.3 Å². The molecule has 1 aromatic carbocycles. The molecule has 5 heteroatoms. The van der Waals surface area contributed by atoms with Crippen LogP contribution in [0.2, 0.25) is 0 Å². The van der Waals surface area contributed by atoms with E-state index in [1.165, 1.54) is 4.90 Å². The van der Waals surface area contributed by atoms with Gasteiger partial charge in [-0.05, 0) is 38.1 Å². The summed E-state index contributed by atoms with van der Waals surface area (Å²) in [6.45, 7) is 4.05. The number of hydrogen-bond donors (Lipinski definition) is 3. The molecule has 2 atom stereocenters. The Morgan fingerprint density at radius 3 is 2.18 bits per heavy atom. The summed E-state index contributed by atoms with van der Waals surface area (Å²) in [5.74, 6) is 0.718. The lowest BCUT2D eigenvalue weighted by Crippen LogP contribution is -2.42. The molecular weight excluding hydrogens is 220 g/mol. The summed E-state index contributed by atoms with van der Waals surface area (Å²) in [6, 6.07) is 7.09. The zero-order chi connectivity index (χ0) is 12.8. The van der Waals surface area contributed by atoms with E-state index in [4.69, 9.17) is 10.5 Å². The molecule has 2 unspecified atom stereocenters. The van der Waals surface area contributed by atoms with Gasteiger partial charge >= 0.3 is 0 Å². The first-order chi connectivity index (χ1) is 8.00. The fraction of sp³-hybridized carbons (Fsp3) is 0.500. The number of aliphatic hydroxyl groups excluding tert-OH is 2. The van der Waals surface area contributed by atoms with E-state index in [0.717, 1.165) is 5.75 Å². The summed E-state index contributed by atoms with van der Waals surface area (Å²) in [5, 5.41) is 18.8. The van der Waals surface area contributed by atoms with Crippen LogP contribution in [0.5, 0.6) is 5.75 Å². The Morgan fingerprint density at radius 1 is 1.18 bits per heavy atom. The number of nitrogen functional groups attached to an aromatic ring is 1. The fourth-order valence-corrected chi connectivity index (χ4v) is 1.52. The molecule has 1 aromatic rings. The molecule has 5 nitrogen and oxygen atoms in total. The van der Waals surface area contributed by atoms with Gasteiger partial charge < -0.3 is 20.7 Å². The maximum Gasteiger partial charge on any atom is 0.119 e. The minimum atomic E-state index is -0.704. The topological polar surface area (TPSA) is 79.0 Å². The van der Waals surface area contributed by atoms with Crippen LogP contribution in [0, 0.1) is 0 Å². The van der Waals surface area contributed by atoms with Crippen molar-refractivity contribution >= 4 is 5.69 Å². The van der Waals surface area contributed by atoms with Crippen LogP contribution in [0.4, 0.5) is 5.69 Å². The largest absolute Gasteiger partial charge is 0.492 e. The number of hydrogen-bond acceptors (Lipinski definition) is 5. The first-order valence-corrected chi connectivity index (χ1v) is 5.61. The third-order valence-electron chi connectivity index (χ3n) is 2.46. The van der Waals surface area contributed by atoms with Crippen molar-refractivity contribution in [1.29, 1.82) is 0 Å². The van der Waals surface area contributed by atoms with Crippen LogP contribution >= 0.6 is 0 Å². The lowest BCUT2D eigenvalue weighted by atomic mass is 10.3. The number of nitrogens with zero attached hydrogens (tertiary/aromatic N) is 1. The number of rotatable bonds is 6. The molecule has 4 N–H and O–H groups in total. The molecule has 0 saturated heterocycles. The molecule has 0 radical (unpaired) electrons. The van der Waals surface area contributed by atoms with Crippen molar-refractivity contribution in [2.24, 2.45) is 0 Å². The summed E-state index contributed by atoms with van der Waals surface area (Å²) >= 11 is 0. The van der Waals surface area contributed by atoms with E-state index >= 15 is 0 Å². The van der Waals surface area contributed by atoms with Gasteiger partial charge in [0.1, 0.15) is 24.8 Å². The monoisotopic (exact) mass is 240 g/mol. The normalized spacial score (nSPS) is 14.6. The second-order valence-corrected chi connectivity index (χ2v) is 3.92. The molecule has 0 heterocycles. The summed E-state index contributed by atoms with van der Waals surface area (Å²) in [6.07, 6.45) is -1.41. The highest BCUT2D eigenvalue weighted by Gasteiger charge is 2.15. The lowest BCUT2D eigenvalue weighted by Gasteiger charge is -2.27. The second-order valence-electron chi connectivity index (χ2n) is 3.92. The Bertz CT molecular complexity index is 317. The summed E-state index contributed by atoms with van der Waals surface area (Å²) in [7, 11) is 0. The number of ether oxygens (including phenoxy) is 1. The first kappa shape index (κ1) is 13.8. The molecule has 96 valence electrons. The van der Waals surface area contributed by atoms with Crippen LogP contribution in [-0.2, 0) is 0 Å².